The summed E-state index contributed by atoms with van der Waals surface area (Å²) >= 11 is 0. The summed E-state index contributed by atoms with van der Waals surface area (Å²) in [6.07, 6.45) is 3.62. The monoisotopic (exact) mass is 196 g/mol. The zero-order valence-corrected chi connectivity index (χ0v) is 8.40. The van der Waals surface area contributed by atoms with Crippen molar-refractivity contribution in [3.05, 3.63) is 17.8 Å². The summed E-state index contributed by atoms with van der Waals surface area (Å²) in [5.41, 5.74) is 6.52. The standard InChI is InChI=1S/C10H16N2O2/c1-7(11)9-6-14-10(12-9)4-8-2-3-13-5-8/h6-8H,2-5,11H2,1H3. The maximum Gasteiger partial charge on any atom is 0.194 e. The molecule has 0 spiro atoms. The van der Waals surface area contributed by atoms with E-state index in [1.165, 1.54) is 0 Å². The van der Waals surface area contributed by atoms with Gasteiger partial charge in [0.2, 0.25) is 0 Å². The number of aromatic nitrogens is 1. The van der Waals surface area contributed by atoms with E-state index in [1.807, 2.05) is 6.92 Å². The highest BCUT2D eigenvalue weighted by Gasteiger charge is 2.19. The second kappa shape index (κ2) is 4.11. The van der Waals surface area contributed by atoms with E-state index in [1.54, 1.807) is 6.26 Å². The molecule has 14 heavy (non-hydrogen) atoms. The van der Waals surface area contributed by atoms with Crippen LogP contribution in [0.3, 0.4) is 0 Å². The van der Waals surface area contributed by atoms with Crippen LogP contribution in [0.2, 0.25) is 0 Å². The Bertz CT molecular complexity index is 290. The third-order valence-corrected chi connectivity index (χ3v) is 2.52. The molecular formula is C10H16N2O2. The quantitative estimate of drug-likeness (QED) is 0.790. The van der Waals surface area contributed by atoms with Crippen molar-refractivity contribution < 1.29 is 9.15 Å². The number of nitrogens with two attached hydrogens (primary N) is 1. The van der Waals surface area contributed by atoms with Gasteiger partial charge in [-0.3, -0.25) is 0 Å². The number of rotatable bonds is 3. The van der Waals surface area contributed by atoms with Crippen LogP contribution in [0.5, 0.6) is 0 Å². The van der Waals surface area contributed by atoms with Crippen molar-refractivity contribution in [3.63, 3.8) is 0 Å². The van der Waals surface area contributed by atoms with Crippen LogP contribution in [0.4, 0.5) is 0 Å². The Morgan fingerprint density at radius 3 is 3.14 bits per heavy atom. The lowest BCUT2D eigenvalue weighted by molar-refractivity contribution is 0.184. The minimum absolute atomic E-state index is 0.0488. The summed E-state index contributed by atoms with van der Waals surface area (Å²) in [7, 11) is 0. The third kappa shape index (κ3) is 2.13. The fourth-order valence-corrected chi connectivity index (χ4v) is 1.62. The van der Waals surface area contributed by atoms with Crippen LogP contribution in [-0.4, -0.2) is 18.2 Å². The summed E-state index contributed by atoms with van der Waals surface area (Å²) in [6, 6.07) is -0.0488. The van der Waals surface area contributed by atoms with Gasteiger partial charge in [-0.05, 0) is 19.3 Å². The van der Waals surface area contributed by atoms with E-state index in [0.717, 1.165) is 37.6 Å². The molecule has 1 aliphatic rings. The van der Waals surface area contributed by atoms with Crippen LogP contribution in [0.1, 0.15) is 31.0 Å². The molecular weight excluding hydrogens is 180 g/mol. The predicted octanol–water partition coefficient (Wildman–Crippen LogP) is 1.27. The molecule has 1 fully saturated rings. The second-order valence-electron chi connectivity index (χ2n) is 3.89. The van der Waals surface area contributed by atoms with E-state index in [-0.39, 0.29) is 6.04 Å². The molecule has 2 heterocycles. The van der Waals surface area contributed by atoms with Crippen LogP contribution in [0, 0.1) is 5.92 Å². The molecule has 1 aromatic rings. The summed E-state index contributed by atoms with van der Waals surface area (Å²) in [4.78, 5) is 4.33. The highest BCUT2D eigenvalue weighted by atomic mass is 16.5. The van der Waals surface area contributed by atoms with Crippen molar-refractivity contribution in [2.24, 2.45) is 11.7 Å². The van der Waals surface area contributed by atoms with Crippen LogP contribution in [0.15, 0.2) is 10.7 Å². The molecule has 0 saturated carbocycles. The van der Waals surface area contributed by atoms with Gasteiger partial charge >= 0.3 is 0 Å². The molecule has 0 aliphatic carbocycles. The maximum absolute atomic E-state index is 5.69. The molecule has 0 radical (unpaired) electrons. The minimum Gasteiger partial charge on any atom is -0.449 e. The Morgan fingerprint density at radius 1 is 1.71 bits per heavy atom. The molecule has 1 aromatic heterocycles. The van der Waals surface area contributed by atoms with Crippen molar-refractivity contribution in [1.82, 2.24) is 4.98 Å². The largest absolute Gasteiger partial charge is 0.449 e. The van der Waals surface area contributed by atoms with Crippen molar-refractivity contribution in [3.8, 4) is 0 Å². The summed E-state index contributed by atoms with van der Waals surface area (Å²) < 4.78 is 10.6. The van der Waals surface area contributed by atoms with Crippen LogP contribution in [-0.2, 0) is 11.2 Å². The maximum atomic E-state index is 5.69. The van der Waals surface area contributed by atoms with Gasteiger partial charge in [-0.15, -0.1) is 0 Å². The SMILES string of the molecule is CC(N)c1coc(CC2CCOC2)n1. The van der Waals surface area contributed by atoms with Crippen LogP contribution < -0.4 is 5.73 Å². The molecule has 4 heteroatoms. The van der Waals surface area contributed by atoms with Crippen LogP contribution >= 0.6 is 0 Å². The molecule has 2 atom stereocenters. The van der Waals surface area contributed by atoms with E-state index in [0.29, 0.717) is 5.92 Å². The van der Waals surface area contributed by atoms with Gasteiger partial charge in [0.25, 0.3) is 0 Å². The molecule has 0 bridgehead atoms. The van der Waals surface area contributed by atoms with Gasteiger partial charge in [0.15, 0.2) is 5.89 Å². The Labute approximate surface area is 83.4 Å². The van der Waals surface area contributed by atoms with Crippen LogP contribution in [0.25, 0.3) is 0 Å². The van der Waals surface area contributed by atoms with Gasteiger partial charge in [-0.1, -0.05) is 0 Å². The zero-order chi connectivity index (χ0) is 9.97. The summed E-state index contributed by atoms with van der Waals surface area (Å²) in [5.74, 6) is 1.35. The average molecular weight is 196 g/mol. The first-order valence-electron chi connectivity index (χ1n) is 5.03. The molecule has 2 rings (SSSR count). The van der Waals surface area contributed by atoms with Gasteiger partial charge in [0.05, 0.1) is 5.69 Å². The molecule has 2 unspecified atom stereocenters. The molecule has 0 amide bonds. The average Bonchev–Trinajstić information content (AvgIpc) is 2.75. The molecule has 78 valence electrons. The number of nitrogens with zero attached hydrogens (tertiary/aromatic N) is 1. The Morgan fingerprint density at radius 2 is 2.57 bits per heavy atom. The van der Waals surface area contributed by atoms with Crippen molar-refractivity contribution in [2.45, 2.75) is 25.8 Å². The fourth-order valence-electron chi connectivity index (χ4n) is 1.62. The lowest BCUT2D eigenvalue weighted by Gasteiger charge is -2.02. The fraction of sp³-hybridized carbons (Fsp3) is 0.700. The topological polar surface area (TPSA) is 61.3 Å². The molecule has 1 saturated heterocycles. The number of ether oxygens (including phenoxy) is 1. The van der Waals surface area contributed by atoms with Crippen molar-refractivity contribution >= 4 is 0 Å². The van der Waals surface area contributed by atoms with Crippen molar-refractivity contribution in [2.75, 3.05) is 13.2 Å². The lowest BCUT2D eigenvalue weighted by Crippen LogP contribution is -2.07. The predicted molar refractivity (Wildman–Crippen MR) is 51.7 cm³/mol. The van der Waals surface area contributed by atoms with Gasteiger partial charge in [-0.25, -0.2) is 4.98 Å². The van der Waals surface area contributed by atoms with Crippen molar-refractivity contribution in [1.29, 1.82) is 0 Å². The highest BCUT2D eigenvalue weighted by Crippen LogP contribution is 2.18. The number of oxazole rings is 1. The minimum atomic E-state index is -0.0488. The molecule has 0 aromatic carbocycles. The Kier molecular flexibility index (Phi) is 2.84. The zero-order valence-electron chi connectivity index (χ0n) is 8.40. The Hall–Kier alpha value is -0.870. The third-order valence-electron chi connectivity index (χ3n) is 2.52. The highest BCUT2D eigenvalue weighted by molar-refractivity contribution is 5.01. The second-order valence-corrected chi connectivity index (χ2v) is 3.89. The van der Waals surface area contributed by atoms with E-state index in [4.69, 9.17) is 14.9 Å². The lowest BCUT2D eigenvalue weighted by atomic mass is 10.1. The van der Waals surface area contributed by atoms with E-state index >= 15 is 0 Å². The first kappa shape index (κ1) is 9.68. The van der Waals surface area contributed by atoms with E-state index in [2.05, 4.69) is 4.98 Å². The molecule has 2 N–H and O–H groups in total. The first-order valence-corrected chi connectivity index (χ1v) is 5.03. The number of hydrogen-bond acceptors (Lipinski definition) is 4. The number of hydrogen-bond donors (Lipinski definition) is 1. The molecule has 1 aliphatic heterocycles. The van der Waals surface area contributed by atoms with Gasteiger partial charge in [0, 0.05) is 25.7 Å². The first-order chi connectivity index (χ1) is 6.75. The van der Waals surface area contributed by atoms with Gasteiger partial charge in [0.1, 0.15) is 6.26 Å². The summed E-state index contributed by atoms with van der Waals surface area (Å²) in [6.45, 7) is 3.60. The van der Waals surface area contributed by atoms with Gasteiger partial charge in [-0.2, -0.15) is 0 Å². The Balaban J connectivity index is 1.95. The summed E-state index contributed by atoms with van der Waals surface area (Å²) in [5, 5.41) is 0. The smallest absolute Gasteiger partial charge is 0.194 e. The van der Waals surface area contributed by atoms with Gasteiger partial charge < -0.3 is 14.9 Å². The molecule has 4 nitrogen and oxygen atoms in total. The van der Waals surface area contributed by atoms with E-state index in [9.17, 15) is 0 Å². The normalized spacial score (nSPS) is 24.0. The van der Waals surface area contributed by atoms with E-state index < -0.39 is 0 Å².